The zero-order valence-corrected chi connectivity index (χ0v) is 38.3. The average Bonchev–Trinajstić information content (AvgIpc) is 4.05. The van der Waals surface area contributed by atoms with Crippen molar-refractivity contribution in [2.45, 2.75) is 67.7 Å². The third-order valence-corrected chi connectivity index (χ3v) is 19.3. The lowest BCUT2D eigenvalue weighted by Crippen LogP contribution is -2.58. The highest BCUT2D eigenvalue weighted by molar-refractivity contribution is 7.45. The number of H-pyrrole nitrogens is 1. The van der Waals surface area contributed by atoms with Crippen LogP contribution in [0.2, 0.25) is 12.6 Å². The Hall–Kier alpha value is -5.21. The van der Waals surface area contributed by atoms with Crippen LogP contribution in [0.3, 0.4) is 0 Å². The summed E-state index contributed by atoms with van der Waals surface area (Å²) in [5.41, 5.74) is 0.298. The molecule has 3 aliphatic rings. The lowest BCUT2D eigenvalue weighted by atomic mass is 9.80. The van der Waals surface area contributed by atoms with E-state index in [1.807, 2.05) is 78.9 Å². The molecule has 1 N–H and O–H groups in total. The fraction of sp³-hybridized carbons (Fsp3) is 0.320. The highest BCUT2D eigenvalue weighted by Crippen LogP contribution is 2.59. The average molecular weight is 900 g/mol. The number of aromatic nitrogens is 2. The van der Waals surface area contributed by atoms with Crippen molar-refractivity contribution in [1.29, 1.82) is 0 Å². The first kappa shape index (κ1) is 44.0. The molecular weight excluding hydrogens is 846 g/mol. The molecule has 9 rings (SSSR count). The Morgan fingerprint density at radius 1 is 0.719 bits per heavy atom. The Morgan fingerprint density at radius 2 is 1.28 bits per heavy atom. The molecule has 0 aliphatic carbocycles. The van der Waals surface area contributed by atoms with E-state index in [-0.39, 0.29) is 18.8 Å². The van der Waals surface area contributed by atoms with Crippen LogP contribution in [0.15, 0.2) is 161 Å². The number of ether oxygens (including phenoxy) is 5. The second kappa shape index (κ2) is 19.1. The Labute approximate surface area is 375 Å². The Morgan fingerprint density at radius 3 is 1.83 bits per heavy atom. The normalized spacial score (nSPS) is 23.5. The zero-order chi connectivity index (χ0) is 44.3. The largest absolute Gasteiger partial charge is 0.497 e. The van der Waals surface area contributed by atoms with Gasteiger partial charge < -0.3 is 32.7 Å². The van der Waals surface area contributed by atoms with Crippen LogP contribution in [0, 0.1) is 0 Å². The second-order valence-electron chi connectivity index (χ2n) is 16.7. The van der Waals surface area contributed by atoms with Crippen LogP contribution in [0.5, 0.6) is 11.5 Å². The van der Waals surface area contributed by atoms with Gasteiger partial charge >= 0.3 is 5.69 Å². The lowest BCUT2D eigenvalue weighted by Gasteiger charge is -2.37. The number of nitrogens with zero attached hydrogens (tertiary/aromatic N) is 2. The van der Waals surface area contributed by atoms with Crippen molar-refractivity contribution in [2.75, 3.05) is 34.5 Å². The van der Waals surface area contributed by atoms with Crippen molar-refractivity contribution < 1.29 is 32.7 Å². The maximum Gasteiger partial charge on any atom is 0.330 e. The molecule has 5 aromatic carbocycles. The number of rotatable bonds is 16. The standard InChI is InChI=1S/C50H54N3O9PSi/c1-56-38-26-22-36(23-27-38)50(35-15-8-5-9-16-35,37-24-28-39(57-2)29-25-37)59-33-43-46(47(58-3)48(60-43)52-32-30-45(54)51-49(52)55)62-63-53-31-14-21-42(53)44(61-63)34-64(4,40-17-10-6-11-18-40)41-19-12-7-13-20-41/h5-13,15-20,22-30,32,42-44,46-48H,14,21,31,33-34H2,1-4H3,(H,51,54,55)/t42-,43+,44+,46?,47-,48+,63-/m0/s1. The maximum absolute atomic E-state index is 13.4. The van der Waals surface area contributed by atoms with E-state index in [9.17, 15) is 9.59 Å². The van der Waals surface area contributed by atoms with Gasteiger partial charge in [-0.3, -0.25) is 14.3 Å². The molecule has 0 bridgehead atoms. The van der Waals surface area contributed by atoms with Gasteiger partial charge in [0, 0.05) is 32.0 Å². The van der Waals surface area contributed by atoms with Gasteiger partial charge in [0.1, 0.15) is 43.5 Å². The van der Waals surface area contributed by atoms with Crippen LogP contribution in [0.1, 0.15) is 35.8 Å². The summed E-state index contributed by atoms with van der Waals surface area (Å²) in [4.78, 5) is 28.1. The fourth-order valence-electron chi connectivity index (χ4n) is 9.74. The summed E-state index contributed by atoms with van der Waals surface area (Å²) in [7, 11) is 0.975. The molecular formula is C50H54N3O9PSi. The summed E-state index contributed by atoms with van der Waals surface area (Å²) in [6, 6.07) is 49.8. The topological polar surface area (TPSA) is 123 Å². The van der Waals surface area contributed by atoms with Crippen molar-refractivity contribution in [2.24, 2.45) is 0 Å². The van der Waals surface area contributed by atoms with Gasteiger partial charge in [-0.15, -0.1) is 0 Å². The van der Waals surface area contributed by atoms with E-state index >= 15 is 0 Å². The number of hydrogen-bond acceptors (Lipinski definition) is 10. The van der Waals surface area contributed by atoms with Crippen molar-refractivity contribution in [3.8, 4) is 11.5 Å². The summed E-state index contributed by atoms with van der Waals surface area (Å²) in [6.07, 6.45) is 0.115. The Bertz CT molecular complexity index is 2500. The third-order valence-electron chi connectivity index (χ3n) is 13.1. The first-order valence-electron chi connectivity index (χ1n) is 21.8. The molecule has 3 fully saturated rings. The van der Waals surface area contributed by atoms with Gasteiger partial charge in [0.2, 0.25) is 0 Å². The Balaban J connectivity index is 1.09. The van der Waals surface area contributed by atoms with Gasteiger partial charge in [0.15, 0.2) is 6.23 Å². The summed E-state index contributed by atoms with van der Waals surface area (Å²) < 4.78 is 49.8. The van der Waals surface area contributed by atoms with E-state index < -0.39 is 58.0 Å². The third kappa shape index (κ3) is 8.43. The molecule has 12 nitrogen and oxygen atoms in total. The molecule has 0 spiro atoms. The van der Waals surface area contributed by atoms with Crippen LogP contribution < -0.4 is 31.1 Å². The van der Waals surface area contributed by atoms with Gasteiger partial charge in [0.25, 0.3) is 14.1 Å². The predicted octanol–water partition coefficient (Wildman–Crippen LogP) is 6.84. The molecule has 0 radical (unpaired) electrons. The van der Waals surface area contributed by atoms with Gasteiger partial charge in [-0.1, -0.05) is 132 Å². The number of methoxy groups -OCH3 is 3. The highest BCUT2D eigenvalue weighted by atomic mass is 31.2. The van der Waals surface area contributed by atoms with Crippen molar-refractivity contribution in [3.05, 3.63) is 189 Å². The van der Waals surface area contributed by atoms with Crippen LogP contribution in [0.4, 0.5) is 0 Å². The monoisotopic (exact) mass is 899 g/mol. The molecule has 4 heterocycles. The van der Waals surface area contributed by atoms with Gasteiger partial charge in [-0.05, 0) is 59.8 Å². The van der Waals surface area contributed by atoms with E-state index in [4.69, 9.17) is 32.7 Å². The van der Waals surface area contributed by atoms with Crippen molar-refractivity contribution in [3.63, 3.8) is 0 Å². The highest BCUT2D eigenvalue weighted by Gasteiger charge is 2.55. The summed E-state index contributed by atoms with van der Waals surface area (Å²) in [5.74, 6) is 1.41. The van der Waals surface area contributed by atoms with Crippen LogP contribution in [0.25, 0.3) is 0 Å². The van der Waals surface area contributed by atoms with E-state index in [1.165, 1.54) is 27.2 Å². The summed E-state index contributed by atoms with van der Waals surface area (Å²) >= 11 is 0. The minimum atomic E-state index is -2.29. The van der Waals surface area contributed by atoms with Gasteiger partial charge in [0.05, 0.1) is 26.9 Å². The molecule has 1 unspecified atom stereocenters. The fourth-order valence-corrected chi connectivity index (χ4v) is 15.7. The minimum Gasteiger partial charge on any atom is -0.497 e. The van der Waals surface area contributed by atoms with Gasteiger partial charge in [-0.2, -0.15) is 0 Å². The SMILES string of the molecule is COc1ccc(C(OC[C@H]2O[C@@H](n3ccc(=O)[nH]c3=O)[C@@H](OC)C2O[P@]2O[C@H](C[Si](C)(c3ccccc3)c3ccccc3)[C@@H]3CCCN32)(c2ccccc2)c2ccc(OC)cc2)cc1. The van der Waals surface area contributed by atoms with Crippen LogP contribution >= 0.6 is 8.53 Å². The quantitative estimate of drug-likeness (QED) is 0.0628. The number of benzene rings is 5. The summed E-state index contributed by atoms with van der Waals surface area (Å²) in [5, 5.41) is 2.72. The Kier molecular flexibility index (Phi) is 13.1. The molecule has 0 saturated carbocycles. The molecule has 64 heavy (non-hydrogen) atoms. The van der Waals surface area contributed by atoms with E-state index in [0.29, 0.717) is 11.5 Å². The van der Waals surface area contributed by atoms with Gasteiger partial charge in [-0.25, -0.2) is 9.46 Å². The van der Waals surface area contributed by atoms with E-state index in [0.717, 1.165) is 42.1 Å². The molecule has 3 saturated heterocycles. The summed E-state index contributed by atoms with van der Waals surface area (Å²) in [6.45, 7) is 3.29. The second-order valence-corrected chi connectivity index (χ2v) is 22.3. The first-order chi connectivity index (χ1) is 31.2. The van der Waals surface area contributed by atoms with Crippen LogP contribution in [-0.4, -0.2) is 87.2 Å². The minimum absolute atomic E-state index is 0.00904. The number of fused-ring (bicyclic) bond motifs is 1. The molecule has 3 aliphatic heterocycles. The molecule has 6 aromatic rings. The smallest absolute Gasteiger partial charge is 0.330 e. The number of hydrogen-bond donors (Lipinski definition) is 1. The molecule has 7 atom stereocenters. The predicted molar refractivity (Wildman–Crippen MR) is 249 cm³/mol. The maximum atomic E-state index is 13.4. The first-order valence-corrected chi connectivity index (χ1v) is 25.6. The van der Waals surface area contributed by atoms with Crippen molar-refractivity contribution in [1.82, 2.24) is 14.2 Å². The van der Waals surface area contributed by atoms with Crippen molar-refractivity contribution >= 4 is 27.0 Å². The van der Waals surface area contributed by atoms with E-state index in [1.54, 1.807) is 21.3 Å². The zero-order valence-electron chi connectivity index (χ0n) is 36.4. The molecule has 0 amide bonds. The van der Waals surface area contributed by atoms with E-state index in [2.05, 4.69) is 76.9 Å². The number of nitrogens with one attached hydrogen (secondary N) is 1. The number of aromatic amines is 1. The lowest BCUT2D eigenvalue weighted by molar-refractivity contribution is -0.0955. The van der Waals surface area contributed by atoms with Crippen LogP contribution in [-0.2, 0) is 28.9 Å². The molecule has 1 aromatic heterocycles. The molecule has 14 heteroatoms. The molecule has 332 valence electrons.